The molecule has 0 atom stereocenters. The van der Waals surface area contributed by atoms with E-state index in [0.29, 0.717) is 11.4 Å². The Morgan fingerprint density at radius 2 is 1.57 bits per heavy atom. The van der Waals surface area contributed by atoms with Gasteiger partial charge in [0.1, 0.15) is 0 Å². The first-order valence-corrected chi connectivity index (χ1v) is 9.26. The molecule has 0 aliphatic carbocycles. The molecule has 0 amide bonds. The normalized spacial score (nSPS) is 11.8. The molecule has 0 aliphatic rings. The molecule has 0 aromatic heterocycles. The lowest BCUT2D eigenvalue weighted by Crippen LogP contribution is -2.26. The predicted molar refractivity (Wildman–Crippen MR) is 88.1 cm³/mol. The van der Waals surface area contributed by atoms with Gasteiger partial charge in [0.05, 0.1) is 4.90 Å². The van der Waals surface area contributed by atoms with Crippen molar-refractivity contribution in [2.45, 2.75) is 23.3 Å². The van der Waals surface area contributed by atoms with Gasteiger partial charge in [0.15, 0.2) is 0 Å². The molecule has 0 saturated heterocycles. The van der Waals surface area contributed by atoms with Crippen molar-refractivity contribution in [2.75, 3.05) is 13.3 Å². The van der Waals surface area contributed by atoms with E-state index in [-0.39, 0.29) is 0 Å². The van der Waals surface area contributed by atoms with Crippen LogP contribution < -0.4 is 0 Å². The molecule has 2 aromatic carbocycles. The second kappa shape index (κ2) is 6.64. The second-order valence-corrected chi connectivity index (χ2v) is 7.85. The predicted octanol–water partition coefficient (Wildman–Crippen LogP) is 3.54. The summed E-state index contributed by atoms with van der Waals surface area (Å²) in [5.41, 5.74) is 2.14. The fraction of sp³-hybridized carbons (Fsp3) is 0.250. The largest absolute Gasteiger partial charge is 0.243 e. The van der Waals surface area contributed by atoms with Gasteiger partial charge in [0, 0.05) is 18.5 Å². The Bertz CT molecular complexity index is 692. The molecule has 0 bridgehead atoms. The van der Waals surface area contributed by atoms with Crippen molar-refractivity contribution in [1.82, 2.24) is 4.31 Å². The van der Waals surface area contributed by atoms with Gasteiger partial charge in [-0.1, -0.05) is 29.8 Å². The molecule has 0 spiro atoms. The molecule has 0 saturated carbocycles. The molecule has 112 valence electrons. The lowest BCUT2D eigenvalue weighted by Gasteiger charge is -2.17. The zero-order chi connectivity index (χ0) is 15.5. The molecule has 0 radical (unpaired) electrons. The minimum absolute atomic E-state index is 0.329. The smallest absolute Gasteiger partial charge is 0.207 e. The molecule has 0 unspecified atom stereocenters. The standard InChI is InChI=1S/C16H19NO2S2/c1-13-4-6-14(7-5-13)12-17(2)21(18,19)16-10-8-15(20-3)9-11-16/h4-11H,12H2,1-3H3. The Morgan fingerprint density at radius 3 is 2.10 bits per heavy atom. The highest BCUT2D eigenvalue weighted by molar-refractivity contribution is 7.98. The van der Waals surface area contributed by atoms with Gasteiger partial charge in [-0.2, -0.15) is 4.31 Å². The van der Waals surface area contributed by atoms with Crippen molar-refractivity contribution in [3.8, 4) is 0 Å². The van der Waals surface area contributed by atoms with E-state index in [1.54, 1.807) is 30.9 Å². The van der Waals surface area contributed by atoms with Crippen LogP contribution in [0.1, 0.15) is 11.1 Å². The van der Waals surface area contributed by atoms with E-state index in [2.05, 4.69) is 0 Å². The van der Waals surface area contributed by atoms with Gasteiger partial charge in [0.25, 0.3) is 0 Å². The number of benzene rings is 2. The van der Waals surface area contributed by atoms with Crippen molar-refractivity contribution in [3.63, 3.8) is 0 Å². The minimum Gasteiger partial charge on any atom is -0.207 e. The lowest BCUT2D eigenvalue weighted by atomic mass is 10.1. The summed E-state index contributed by atoms with van der Waals surface area (Å²) in [6, 6.07) is 14.9. The lowest BCUT2D eigenvalue weighted by molar-refractivity contribution is 0.466. The van der Waals surface area contributed by atoms with E-state index in [4.69, 9.17) is 0 Å². The number of nitrogens with zero attached hydrogens (tertiary/aromatic N) is 1. The fourth-order valence-electron chi connectivity index (χ4n) is 1.96. The SMILES string of the molecule is CSc1ccc(S(=O)(=O)N(C)Cc2ccc(C)cc2)cc1. The summed E-state index contributed by atoms with van der Waals surface area (Å²) in [7, 11) is -1.84. The van der Waals surface area contributed by atoms with Crippen LogP contribution in [0.3, 0.4) is 0 Å². The van der Waals surface area contributed by atoms with Crippen LogP contribution >= 0.6 is 11.8 Å². The monoisotopic (exact) mass is 321 g/mol. The third kappa shape index (κ3) is 3.87. The Morgan fingerprint density at radius 1 is 1.00 bits per heavy atom. The summed E-state index contributed by atoms with van der Waals surface area (Å²) in [5, 5.41) is 0. The van der Waals surface area contributed by atoms with E-state index < -0.39 is 10.0 Å². The second-order valence-electron chi connectivity index (χ2n) is 4.92. The van der Waals surface area contributed by atoms with E-state index in [0.717, 1.165) is 16.0 Å². The topological polar surface area (TPSA) is 37.4 Å². The maximum absolute atomic E-state index is 12.5. The zero-order valence-electron chi connectivity index (χ0n) is 12.4. The molecule has 3 nitrogen and oxygen atoms in total. The van der Waals surface area contributed by atoms with Crippen LogP contribution in [-0.2, 0) is 16.6 Å². The Labute approximate surface area is 131 Å². The molecular formula is C16H19NO2S2. The summed E-state index contributed by atoms with van der Waals surface area (Å²) in [6.45, 7) is 2.38. The van der Waals surface area contributed by atoms with Crippen molar-refractivity contribution in [1.29, 1.82) is 0 Å². The molecule has 2 rings (SSSR count). The van der Waals surface area contributed by atoms with E-state index in [1.165, 1.54) is 4.31 Å². The number of hydrogen-bond acceptors (Lipinski definition) is 3. The van der Waals surface area contributed by atoms with Crippen LogP contribution in [0.15, 0.2) is 58.3 Å². The molecule has 2 aromatic rings. The number of aryl methyl sites for hydroxylation is 1. The van der Waals surface area contributed by atoms with E-state index in [1.807, 2.05) is 49.6 Å². The third-order valence-corrected chi connectivity index (χ3v) is 5.85. The van der Waals surface area contributed by atoms with E-state index >= 15 is 0 Å². The van der Waals surface area contributed by atoms with Crippen molar-refractivity contribution < 1.29 is 8.42 Å². The van der Waals surface area contributed by atoms with Gasteiger partial charge in [0.2, 0.25) is 10.0 Å². The number of rotatable bonds is 5. The Balaban J connectivity index is 2.19. The van der Waals surface area contributed by atoms with Crippen LogP contribution in [0.25, 0.3) is 0 Å². The Kier molecular flexibility index (Phi) is 5.08. The molecular weight excluding hydrogens is 302 g/mol. The van der Waals surface area contributed by atoms with Gasteiger partial charge in [-0.05, 0) is 43.0 Å². The van der Waals surface area contributed by atoms with Gasteiger partial charge in [-0.25, -0.2) is 8.42 Å². The maximum atomic E-state index is 12.5. The van der Waals surface area contributed by atoms with Gasteiger partial charge < -0.3 is 0 Å². The summed E-state index contributed by atoms with van der Waals surface area (Å²) in [4.78, 5) is 1.38. The van der Waals surface area contributed by atoms with Crippen molar-refractivity contribution >= 4 is 21.8 Å². The summed E-state index contributed by atoms with van der Waals surface area (Å²) in [5.74, 6) is 0. The first kappa shape index (κ1) is 16.1. The summed E-state index contributed by atoms with van der Waals surface area (Å²) >= 11 is 1.59. The van der Waals surface area contributed by atoms with Gasteiger partial charge in [-0.15, -0.1) is 11.8 Å². The first-order valence-electron chi connectivity index (χ1n) is 6.59. The van der Waals surface area contributed by atoms with Crippen molar-refractivity contribution in [3.05, 3.63) is 59.7 Å². The van der Waals surface area contributed by atoms with Gasteiger partial charge in [-0.3, -0.25) is 0 Å². The molecule has 0 heterocycles. The van der Waals surface area contributed by atoms with Crippen molar-refractivity contribution in [2.24, 2.45) is 0 Å². The molecule has 21 heavy (non-hydrogen) atoms. The highest BCUT2D eigenvalue weighted by atomic mass is 32.2. The minimum atomic E-state index is -3.45. The summed E-state index contributed by atoms with van der Waals surface area (Å²) in [6.07, 6.45) is 1.97. The number of thioether (sulfide) groups is 1. The van der Waals surface area contributed by atoms with Crippen LogP contribution in [-0.4, -0.2) is 26.0 Å². The van der Waals surface area contributed by atoms with Crippen LogP contribution in [0.4, 0.5) is 0 Å². The molecule has 0 N–H and O–H groups in total. The fourth-order valence-corrected chi connectivity index (χ4v) is 3.53. The molecule has 5 heteroatoms. The average Bonchev–Trinajstić information content (AvgIpc) is 2.49. The number of hydrogen-bond donors (Lipinski definition) is 0. The van der Waals surface area contributed by atoms with Crippen LogP contribution in [0.5, 0.6) is 0 Å². The first-order chi connectivity index (χ1) is 9.93. The van der Waals surface area contributed by atoms with Gasteiger partial charge >= 0.3 is 0 Å². The van der Waals surface area contributed by atoms with E-state index in [9.17, 15) is 8.42 Å². The van der Waals surface area contributed by atoms with Crippen LogP contribution in [0.2, 0.25) is 0 Å². The van der Waals surface area contributed by atoms with Crippen LogP contribution in [0, 0.1) is 6.92 Å². The third-order valence-electron chi connectivity index (χ3n) is 3.29. The maximum Gasteiger partial charge on any atom is 0.243 e. The molecule has 0 fully saturated rings. The average molecular weight is 321 g/mol. The quantitative estimate of drug-likeness (QED) is 0.791. The zero-order valence-corrected chi connectivity index (χ0v) is 14.0. The molecule has 0 aliphatic heterocycles. The Hall–Kier alpha value is -1.30. The highest BCUT2D eigenvalue weighted by Crippen LogP contribution is 2.21. The summed E-state index contributed by atoms with van der Waals surface area (Å²) < 4.78 is 26.4. The highest BCUT2D eigenvalue weighted by Gasteiger charge is 2.20. The number of sulfonamides is 1.